The Morgan fingerprint density at radius 3 is 1.87 bits per heavy atom. The fourth-order valence-corrected chi connectivity index (χ4v) is 9.49. The first-order chi connectivity index (χ1) is 31.2. The lowest BCUT2D eigenvalue weighted by Gasteiger charge is -2.23. The highest BCUT2D eigenvalue weighted by Gasteiger charge is 2.25. The first-order valence-electron chi connectivity index (χ1n) is 21.3. The van der Waals surface area contributed by atoms with Crippen molar-refractivity contribution in [3.8, 4) is 27.9 Å². The lowest BCUT2D eigenvalue weighted by atomic mass is 9.99. The number of fused-ring (bicyclic) bond motifs is 9. The van der Waals surface area contributed by atoms with Gasteiger partial charge in [0.2, 0.25) is 0 Å². The Labute approximate surface area is 361 Å². The van der Waals surface area contributed by atoms with Crippen LogP contribution in [0.5, 0.6) is 0 Å². The van der Waals surface area contributed by atoms with Crippen molar-refractivity contribution in [2.24, 2.45) is 9.98 Å². The quantitative estimate of drug-likeness (QED) is 0.182. The molecule has 0 radical (unpaired) electrons. The molecule has 0 saturated carbocycles. The number of rotatable bonds is 6. The van der Waals surface area contributed by atoms with Crippen LogP contribution >= 0.6 is 0 Å². The third-order valence-electron chi connectivity index (χ3n) is 12.5. The summed E-state index contributed by atoms with van der Waals surface area (Å²) < 4.78 is 15.6. The molecule has 1 atom stereocenters. The molecule has 1 aliphatic rings. The van der Waals surface area contributed by atoms with E-state index in [2.05, 4.69) is 174 Å². The van der Waals surface area contributed by atoms with E-state index >= 15 is 0 Å². The molecule has 0 saturated heterocycles. The summed E-state index contributed by atoms with van der Waals surface area (Å²) in [5.41, 5.74) is 14.1. The van der Waals surface area contributed by atoms with Crippen molar-refractivity contribution < 1.29 is 8.83 Å². The van der Waals surface area contributed by atoms with Gasteiger partial charge in [-0.2, -0.15) is 0 Å². The van der Waals surface area contributed by atoms with E-state index in [0.29, 0.717) is 11.7 Å². The summed E-state index contributed by atoms with van der Waals surface area (Å²) in [5, 5.41) is 10.3. The minimum absolute atomic E-state index is 0.360. The van der Waals surface area contributed by atoms with Gasteiger partial charge in [0.05, 0.1) is 16.6 Å². The Morgan fingerprint density at radius 1 is 0.429 bits per heavy atom. The maximum absolute atomic E-state index is 6.78. The van der Waals surface area contributed by atoms with Crippen LogP contribution in [0.3, 0.4) is 0 Å². The van der Waals surface area contributed by atoms with Gasteiger partial charge in [-0.1, -0.05) is 146 Å². The fourth-order valence-electron chi connectivity index (χ4n) is 9.49. The van der Waals surface area contributed by atoms with E-state index in [4.69, 9.17) is 18.8 Å². The van der Waals surface area contributed by atoms with Crippen LogP contribution in [0.2, 0.25) is 0 Å². The van der Waals surface area contributed by atoms with Gasteiger partial charge in [0.1, 0.15) is 34.3 Å². The molecule has 0 amide bonds. The molecule has 4 heterocycles. The van der Waals surface area contributed by atoms with Gasteiger partial charge in [-0.15, -0.1) is 0 Å². The summed E-state index contributed by atoms with van der Waals surface area (Å²) in [6.45, 7) is 0. The van der Waals surface area contributed by atoms with Gasteiger partial charge in [0, 0.05) is 49.1 Å². The van der Waals surface area contributed by atoms with E-state index in [1.807, 2.05) is 42.5 Å². The number of furan rings is 2. The Hall–Kier alpha value is -8.48. The zero-order valence-electron chi connectivity index (χ0n) is 33.9. The van der Waals surface area contributed by atoms with Gasteiger partial charge in [-0.25, -0.2) is 9.98 Å². The molecule has 6 nitrogen and oxygen atoms in total. The number of benzene rings is 9. The molecular formula is C57H36N4O2. The van der Waals surface area contributed by atoms with Gasteiger partial charge in [0.15, 0.2) is 5.84 Å². The van der Waals surface area contributed by atoms with Crippen molar-refractivity contribution in [3.63, 3.8) is 0 Å². The highest BCUT2D eigenvalue weighted by molar-refractivity contribution is 6.20. The number of nitrogens with one attached hydrogen (secondary N) is 1. The monoisotopic (exact) mass is 808 g/mol. The zero-order chi connectivity index (χ0) is 41.4. The van der Waals surface area contributed by atoms with Crippen LogP contribution in [0, 0.1) is 0 Å². The van der Waals surface area contributed by atoms with E-state index < -0.39 is 0 Å². The normalized spacial score (nSPS) is 14.2. The van der Waals surface area contributed by atoms with Gasteiger partial charge in [-0.3, -0.25) is 0 Å². The van der Waals surface area contributed by atoms with Crippen molar-refractivity contribution in [1.82, 2.24) is 9.88 Å². The highest BCUT2D eigenvalue weighted by atomic mass is 16.3. The van der Waals surface area contributed by atoms with Crippen LogP contribution in [0.25, 0.3) is 93.6 Å². The molecule has 1 N–H and O–H groups in total. The summed E-state index contributed by atoms with van der Waals surface area (Å²) in [7, 11) is 0. The van der Waals surface area contributed by atoms with E-state index in [1.165, 1.54) is 21.9 Å². The summed E-state index contributed by atoms with van der Waals surface area (Å²) >= 11 is 0. The molecule has 0 bridgehead atoms. The average Bonchev–Trinajstić information content (AvgIpc) is 4.03. The predicted molar refractivity (Wildman–Crippen MR) is 258 cm³/mol. The van der Waals surface area contributed by atoms with Crippen molar-refractivity contribution >= 4 is 77.4 Å². The van der Waals surface area contributed by atoms with E-state index in [1.54, 1.807) is 0 Å². The lowest BCUT2D eigenvalue weighted by Crippen LogP contribution is -2.33. The Balaban J connectivity index is 0.935. The van der Waals surface area contributed by atoms with Crippen LogP contribution in [-0.4, -0.2) is 16.2 Å². The molecule has 13 rings (SSSR count). The number of hydrogen-bond donors (Lipinski definition) is 1. The molecule has 3 aromatic heterocycles. The van der Waals surface area contributed by atoms with Crippen LogP contribution in [-0.2, 0) is 0 Å². The SMILES string of the molecule is c1ccc(-c2ccc3c(c2)c2cccc(-c4ccc5c(c4)oc4cc(C6=NC(c7cccc8c7oc7ccccc78)=NC(c7ccccc7)N6)ccc45)c2n3-c2ccccc2)cc1. The molecule has 9 aromatic carbocycles. The summed E-state index contributed by atoms with van der Waals surface area (Å²) in [5.74, 6) is 1.32. The second-order valence-corrected chi connectivity index (χ2v) is 16.1. The number of aromatic nitrogens is 1. The zero-order valence-corrected chi connectivity index (χ0v) is 33.9. The van der Waals surface area contributed by atoms with Gasteiger partial charge in [-0.05, 0) is 82.9 Å². The topological polar surface area (TPSA) is 68.0 Å². The van der Waals surface area contributed by atoms with E-state index in [9.17, 15) is 0 Å². The number of para-hydroxylation sites is 4. The third kappa shape index (κ3) is 5.73. The van der Waals surface area contributed by atoms with Crippen LogP contribution < -0.4 is 5.32 Å². The Bertz CT molecular complexity index is 3820. The van der Waals surface area contributed by atoms with Gasteiger partial charge < -0.3 is 18.7 Å². The number of aliphatic imine (C=N–C) groups is 2. The summed E-state index contributed by atoms with van der Waals surface area (Å²) in [6.07, 6.45) is -0.360. The third-order valence-corrected chi connectivity index (χ3v) is 12.5. The van der Waals surface area contributed by atoms with Crippen molar-refractivity contribution in [2.45, 2.75) is 6.17 Å². The molecule has 296 valence electrons. The molecule has 0 fully saturated rings. The van der Waals surface area contributed by atoms with Crippen molar-refractivity contribution in [1.29, 1.82) is 0 Å². The smallest absolute Gasteiger partial charge is 0.163 e. The number of amidine groups is 2. The molecule has 1 aliphatic heterocycles. The van der Waals surface area contributed by atoms with Crippen LogP contribution in [0.1, 0.15) is 22.9 Å². The molecular weight excluding hydrogens is 773 g/mol. The van der Waals surface area contributed by atoms with Crippen molar-refractivity contribution in [3.05, 3.63) is 223 Å². The van der Waals surface area contributed by atoms with Gasteiger partial charge >= 0.3 is 0 Å². The largest absolute Gasteiger partial charge is 0.456 e. The minimum Gasteiger partial charge on any atom is -0.456 e. The van der Waals surface area contributed by atoms with Crippen molar-refractivity contribution in [2.75, 3.05) is 0 Å². The fraction of sp³-hybridized carbons (Fsp3) is 0.0175. The maximum Gasteiger partial charge on any atom is 0.163 e. The van der Waals surface area contributed by atoms with Crippen LogP contribution in [0.15, 0.2) is 225 Å². The van der Waals surface area contributed by atoms with E-state index in [-0.39, 0.29) is 6.17 Å². The average molecular weight is 809 g/mol. The first-order valence-corrected chi connectivity index (χ1v) is 21.3. The Kier molecular flexibility index (Phi) is 7.87. The molecule has 0 aliphatic carbocycles. The first kappa shape index (κ1) is 35.3. The summed E-state index contributed by atoms with van der Waals surface area (Å²) in [6, 6.07) is 72.2. The Morgan fingerprint density at radius 2 is 1.06 bits per heavy atom. The van der Waals surface area contributed by atoms with E-state index in [0.717, 1.165) is 88.4 Å². The van der Waals surface area contributed by atoms with Gasteiger partial charge in [0.25, 0.3) is 0 Å². The summed E-state index contributed by atoms with van der Waals surface area (Å²) in [4.78, 5) is 10.4. The minimum atomic E-state index is -0.360. The van der Waals surface area contributed by atoms with Crippen LogP contribution in [0.4, 0.5) is 0 Å². The second kappa shape index (κ2) is 14.0. The highest BCUT2D eigenvalue weighted by Crippen LogP contribution is 2.41. The second-order valence-electron chi connectivity index (χ2n) is 16.1. The molecule has 1 unspecified atom stereocenters. The number of hydrogen-bond acceptors (Lipinski definition) is 5. The molecule has 63 heavy (non-hydrogen) atoms. The molecule has 12 aromatic rings. The molecule has 0 spiro atoms. The lowest BCUT2D eigenvalue weighted by molar-refractivity contribution is 0.662. The standard InChI is InChI=1S/C57H36N4O2/c1-4-14-35(15-5-1)37-28-31-49-48(32-37)45-22-12-21-41(53(45)61(49)40-18-8-3-9-19-40)38-26-29-43-44-30-27-39(34-52(44)62-51(43)33-38)56-58-55(36-16-6-2-7-17-36)59-57(60-56)47-24-13-23-46-42-20-10-11-25-50(42)63-54(46)47/h1-34,55H,(H,58,59,60). The maximum atomic E-state index is 6.78. The number of nitrogens with zero attached hydrogens (tertiary/aromatic N) is 3. The molecule has 6 heteroatoms. The predicted octanol–water partition coefficient (Wildman–Crippen LogP) is 14.4.